The van der Waals surface area contributed by atoms with E-state index >= 15 is 0 Å². The molecule has 0 aromatic rings. The van der Waals surface area contributed by atoms with Crippen molar-refractivity contribution in [2.75, 3.05) is 13.2 Å². The van der Waals surface area contributed by atoms with Gasteiger partial charge in [0, 0.05) is 13.2 Å². The highest BCUT2D eigenvalue weighted by atomic mass is 16.7. The molecule has 4 nitrogen and oxygen atoms in total. The maximum absolute atomic E-state index is 10.3. The minimum atomic E-state index is -0.331. The monoisotopic (exact) mass is 255 g/mol. The zero-order valence-corrected chi connectivity index (χ0v) is 11.7. The average Bonchev–Trinajstić information content (AvgIpc) is 2.86. The summed E-state index contributed by atoms with van der Waals surface area (Å²) < 4.78 is 10.1. The van der Waals surface area contributed by atoms with Gasteiger partial charge < -0.3 is 14.3 Å². The highest BCUT2D eigenvalue weighted by Crippen LogP contribution is 2.29. The highest BCUT2D eigenvalue weighted by molar-refractivity contribution is 5.58. The van der Waals surface area contributed by atoms with Crippen LogP contribution in [0.4, 0.5) is 0 Å². The summed E-state index contributed by atoms with van der Waals surface area (Å²) >= 11 is 0. The summed E-state index contributed by atoms with van der Waals surface area (Å²) in [6, 6.07) is 2.03. The molecule has 0 amide bonds. The number of rotatable bonds is 6. The van der Waals surface area contributed by atoms with E-state index in [0.29, 0.717) is 5.92 Å². The van der Waals surface area contributed by atoms with Crippen molar-refractivity contribution in [1.29, 1.82) is 5.26 Å². The summed E-state index contributed by atoms with van der Waals surface area (Å²) in [7, 11) is 0. The van der Waals surface area contributed by atoms with Gasteiger partial charge in [0.1, 0.15) is 12.2 Å². The molecule has 0 saturated heterocycles. The molecule has 1 aliphatic carbocycles. The van der Waals surface area contributed by atoms with Crippen LogP contribution in [0.3, 0.4) is 0 Å². The van der Waals surface area contributed by atoms with E-state index < -0.39 is 0 Å². The van der Waals surface area contributed by atoms with E-state index in [0.717, 1.165) is 32.3 Å². The van der Waals surface area contributed by atoms with Gasteiger partial charge in [-0.05, 0) is 39.5 Å². The van der Waals surface area contributed by atoms with Gasteiger partial charge in [0.2, 0.25) is 0 Å². The maximum atomic E-state index is 10.3. The lowest BCUT2D eigenvalue weighted by Gasteiger charge is -2.09. The van der Waals surface area contributed by atoms with Crippen LogP contribution >= 0.6 is 0 Å². The van der Waals surface area contributed by atoms with E-state index in [9.17, 15) is 4.79 Å². The second-order valence-electron chi connectivity index (χ2n) is 4.31. The van der Waals surface area contributed by atoms with Crippen LogP contribution < -0.4 is 0 Å². The van der Waals surface area contributed by atoms with Gasteiger partial charge in [0.05, 0.1) is 6.07 Å². The first-order chi connectivity index (χ1) is 8.69. The molecular weight excluding hydrogens is 230 g/mol. The zero-order valence-electron chi connectivity index (χ0n) is 11.7. The molecular formula is C14H25NO3. The Balaban J connectivity index is 0.000000331. The van der Waals surface area contributed by atoms with E-state index in [4.69, 9.17) is 14.7 Å². The van der Waals surface area contributed by atoms with Crippen molar-refractivity contribution in [3.63, 3.8) is 0 Å². The molecule has 0 heterocycles. The first-order valence-electron chi connectivity index (χ1n) is 6.77. The largest absolute Gasteiger partial charge is 0.353 e. The van der Waals surface area contributed by atoms with Crippen molar-refractivity contribution < 1.29 is 14.3 Å². The van der Waals surface area contributed by atoms with Crippen LogP contribution in [0.15, 0.2) is 0 Å². The van der Waals surface area contributed by atoms with Gasteiger partial charge in [-0.3, -0.25) is 0 Å². The van der Waals surface area contributed by atoms with Crippen LogP contribution in [0, 0.1) is 23.2 Å². The minimum Gasteiger partial charge on any atom is -0.353 e. The van der Waals surface area contributed by atoms with Gasteiger partial charge >= 0.3 is 0 Å². The third-order valence-corrected chi connectivity index (χ3v) is 3.01. The van der Waals surface area contributed by atoms with Crippen LogP contribution in [0.5, 0.6) is 0 Å². The van der Waals surface area contributed by atoms with Crippen molar-refractivity contribution in [2.24, 2.45) is 11.8 Å². The molecule has 0 aromatic heterocycles. The fraction of sp³-hybridized carbons (Fsp3) is 0.857. The molecule has 4 heteroatoms. The Labute approximate surface area is 110 Å². The van der Waals surface area contributed by atoms with Crippen molar-refractivity contribution in [3.8, 4) is 6.07 Å². The van der Waals surface area contributed by atoms with E-state index in [1.165, 1.54) is 12.8 Å². The summed E-state index contributed by atoms with van der Waals surface area (Å²) in [6.07, 6.45) is 5.27. The Morgan fingerprint density at radius 1 is 1.28 bits per heavy atom. The van der Waals surface area contributed by atoms with Gasteiger partial charge in [-0.2, -0.15) is 5.26 Å². The number of carbonyl (C=O) groups excluding carboxylic acids is 1. The summed E-state index contributed by atoms with van der Waals surface area (Å²) in [5.74, 6) is 0.0324. The molecule has 1 saturated carbocycles. The second-order valence-corrected chi connectivity index (χ2v) is 4.31. The van der Waals surface area contributed by atoms with Gasteiger partial charge in [0.25, 0.3) is 0 Å². The van der Waals surface area contributed by atoms with Crippen molar-refractivity contribution in [1.82, 2.24) is 0 Å². The molecule has 0 N–H and O–H groups in total. The maximum Gasteiger partial charge on any atom is 0.154 e. The Morgan fingerprint density at radius 2 is 1.78 bits per heavy atom. The number of nitriles is 1. The number of nitrogens with zero attached hydrogens (tertiary/aromatic N) is 1. The number of aldehydes is 1. The molecule has 1 fully saturated rings. The predicted molar refractivity (Wildman–Crippen MR) is 69.8 cm³/mol. The average molecular weight is 255 g/mol. The van der Waals surface area contributed by atoms with Crippen molar-refractivity contribution >= 4 is 6.29 Å². The smallest absolute Gasteiger partial charge is 0.154 e. The second kappa shape index (κ2) is 11.2. The number of carbonyl (C=O) groups is 1. The Bertz CT molecular complexity index is 238. The third kappa shape index (κ3) is 7.41. The summed E-state index contributed by atoms with van der Waals surface area (Å²) in [5.41, 5.74) is 0. The van der Waals surface area contributed by atoms with Gasteiger partial charge in [-0.1, -0.05) is 12.8 Å². The van der Waals surface area contributed by atoms with E-state index in [-0.39, 0.29) is 12.2 Å². The molecule has 0 spiro atoms. The molecule has 0 radical (unpaired) electrons. The summed E-state index contributed by atoms with van der Waals surface area (Å²) in [6.45, 7) is 7.25. The standard InChI is InChI=1S/C8H11NO.C6H14O2/c9-5-8(6-10)7-3-1-2-4-7;1-4-7-6(3)8-5-2/h6-8H,1-4H2;6H,4-5H2,1-3H3. The molecule has 1 aliphatic rings. The molecule has 0 aliphatic heterocycles. The topological polar surface area (TPSA) is 59.3 Å². The van der Waals surface area contributed by atoms with Crippen LogP contribution in [0.1, 0.15) is 46.5 Å². The predicted octanol–water partition coefficient (Wildman–Crippen LogP) is 2.92. The fourth-order valence-corrected chi connectivity index (χ4v) is 2.08. The van der Waals surface area contributed by atoms with E-state index in [1.807, 2.05) is 26.8 Å². The molecule has 1 rings (SSSR count). The van der Waals surface area contributed by atoms with Gasteiger partial charge in [0.15, 0.2) is 6.29 Å². The molecule has 1 unspecified atom stereocenters. The lowest BCUT2D eigenvalue weighted by atomic mass is 9.94. The number of hydrogen-bond acceptors (Lipinski definition) is 4. The van der Waals surface area contributed by atoms with Crippen molar-refractivity contribution in [2.45, 2.75) is 52.7 Å². The lowest BCUT2D eigenvalue weighted by Crippen LogP contribution is -2.11. The molecule has 18 heavy (non-hydrogen) atoms. The summed E-state index contributed by atoms with van der Waals surface area (Å²) in [5, 5.41) is 8.51. The number of hydrogen-bond donors (Lipinski definition) is 0. The van der Waals surface area contributed by atoms with Crippen molar-refractivity contribution in [3.05, 3.63) is 0 Å². The fourth-order valence-electron chi connectivity index (χ4n) is 2.08. The quantitative estimate of drug-likeness (QED) is 0.541. The Kier molecular flexibility index (Phi) is 10.6. The van der Waals surface area contributed by atoms with Crippen LogP contribution in [-0.4, -0.2) is 25.8 Å². The first kappa shape index (κ1) is 17.1. The van der Waals surface area contributed by atoms with Gasteiger partial charge in [-0.25, -0.2) is 0 Å². The van der Waals surface area contributed by atoms with E-state index in [1.54, 1.807) is 0 Å². The lowest BCUT2D eigenvalue weighted by molar-refractivity contribution is -0.123. The third-order valence-electron chi connectivity index (χ3n) is 3.01. The molecule has 0 aromatic carbocycles. The highest BCUT2D eigenvalue weighted by Gasteiger charge is 2.23. The van der Waals surface area contributed by atoms with Gasteiger partial charge in [-0.15, -0.1) is 0 Å². The minimum absolute atomic E-state index is 0.0370. The molecule has 0 bridgehead atoms. The molecule has 104 valence electrons. The zero-order chi connectivity index (χ0) is 13.8. The van der Waals surface area contributed by atoms with Crippen LogP contribution in [0.25, 0.3) is 0 Å². The first-order valence-corrected chi connectivity index (χ1v) is 6.77. The SMILES string of the molecule is CCOC(C)OCC.N#CC(C=O)C1CCCC1. The molecule has 1 atom stereocenters. The Morgan fingerprint density at radius 3 is 2.11 bits per heavy atom. The van der Waals surface area contributed by atoms with Crippen LogP contribution in [0.2, 0.25) is 0 Å². The summed E-state index contributed by atoms with van der Waals surface area (Å²) in [4.78, 5) is 10.3. The normalized spacial score (nSPS) is 16.8. The van der Waals surface area contributed by atoms with Crippen LogP contribution in [-0.2, 0) is 14.3 Å². The number of ether oxygens (including phenoxy) is 2. The Hall–Kier alpha value is -0.920. The van der Waals surface area contributed by atoms with E-state index in [2.05, 4.69) is 0 Å².